The molecule has 0 fully saturated rings. The molecule has 0 bridgehead atoms. The van der Waals surface area contributed by atoms with Gasteiger partial charge >= 0.3 is 6.18 Å². The van der Waals surface area contributed by atoms with Gasteiger partial charge in [0.25, 0.3) is 0 Å². The van der Waals surface area contributed by atoms with E-state index in [1.54, 1.807) is 7.05 Å². The van der Waals surface area contributed by atoms with Crippen molar-refractivity contribution in [1.29, 1.82) is 0 Å². The Morgan fingerprint density at radius 2 is 1.86 bits per heavy atom. The fourth-order valence-corrected chi connectivity index (χ4v) is 2.41. The van der Waals surface area contributed by atoms with Gasteiger partial charge in [0.2, 0.25) is 0 Å². The van der Waals surface area contributed by atoms with Gasteiger partial charge in [-0.25, -0.2) is 0 Å². The summed E-state index contributed by atoms with van der Waals surface area (Å²) in [5, 5.41) is 12.0. The van der Waals surface area contributed by atoms with E-state index in [2.05, 4.69) is 21.2 Å². The van der Waals surface area contributed by atoms with Crippen LogP contribution in [0.5, 0.6) is 0 Å². The molecule has 0 spiro atoms. The summed E-state index contributed by atoms with van der Waals surface area (Å²) in [6.45, 7) is -0.985. The van der Waals surface area contributed by atoms with Crippen LogP contribution in [-0.2, 0) is 0 Å². The summed E-state index contributed by atoms with van der Waals surface area (Å²) >= 11 is 3.35. The first-order chi connectivity index (χ1) is 9.85. The summed E-state index contributed by atoms with van der Waals surface area (Å²) in [5.74, 6) is 0. The molecule has 1 atom stereocenters. The number of rotatable bonds is 8. The topological polar surface area (TPSA) is 35.5 Å². The number of hydrogen-bond acceptors (Lipinski definition) is 3. The molecule has 7 heteroatoms. The van der Waals surface area contributed by atoms with Crippen molar-refractivity contribution in [2.24, 2.45) is 0 Å². The molecule has 0 aliphatic heterocycles. The van der Waals surface area contributed by atoms with Crippen molar-refractivity contribution in [1.82, 2.24) is 10.2 Å². The normalized spacial score (nSPS) is 13.7. The zero-order chi connectivity index (χ0) is 15.9. The van der Waals surface area contributed by atoms with E-state index in [0.29, 0.717) is 6.42 Å². The van der Waals surface area contributed by atoms with E-state index in [1.807, 2.05) is 24.3 Å². The highest BCUT2D eigenvalue weighted by Crippen LogP contribution is 2.21. The third-order valence-electron chi connectivity index (χ3n) is 3.17. The van der Waals surface area contributed by atoms with Crippen molar-refractivity contribution in [3.05, 3.63) is 34.3 Å². The molecule has 1 rings (SSSR count). The number of aliphatic hydroxyl groups is 1. The lowest BCUT2D eigenvalue weighted by Gasteiger charge is -2.25. The third kappa shape index (κ3) is 7.26. The Labute approximate surface area is 131 Å². The Bertz CT molecular complexity index is 412. The zero-order valence-electron chi connectivity index (χ0n) is 11.8. The fourth-order valence-electron chi connectivity index (χ4n) is 2.15. The molecule has 0 amide bonds. The van der Waals surface area contributed by atoms with Crippen molar-refractivity contribution >= 4 is 15.9 Å². The molecular formula is C14H20BrF3N2O. The van der Waals surface area contributed by atoms with Crippen molar-refractivity contribution in [3.8, 4) is 0 Å². The van der Waals surface area contributed by atoms with Gasteiger partial charge in [-0.2, -0.15) is 13.2 Å². The quantitative estimate of drug-likeness (QED) is 0.740. The second-order valence-electron chi connectivity index (χ2n) is 4.80. The monoisotopic (exact) mass is 368 g/mol. The standard InChI is InChI=1S/C14H20BrF3N2O/c1-19-13(11-2-4-12(15)5-3-11)6-7-20(8-9-21)10-14(16,17)18/h2-5,13,19,21H,6-10H2,1H3. The minimum Gasteiger partial charge on any atom is -0.395 e. The van der Waals surface area contributed by atoms with E-state index in [9.17, 15) is 13.2 Å². The van der Waals surface area contributed by atoms with Crippen LogP contribution in [0.25, 0.3) is 0 Å². The van der Waals surface area contributed by atoms with Crippen LogP contribution in [0.2, 0.25) is 0 Å². The summed E-state index contributed by atoms with van der Waals surface area (Å²) in [7, 11) is 1.78. The van der Waals surface area contributed by atoms with Gasteiger partial charge in [-0.1, -0.05) is 28.1 Å². The maximum atomic E-state index is 12.5. The van der Waals surface area contributed by atoms with E-state index < -0.39 is 12.7 Å². The second-order valence-corrected chi connectivity index (χ2v) is 5.71. The van der Waals surface area contributed by atoms with Crippen molar-refractivity contribution < 1.29 is 18.3 Å². The lowest BCUT2D eigenvalue weighted by atomic mass is 10.0. The average Bonchev–Trinajstić information content (AvgIpc) is 2.39. The van der Waals surface area contributed by atoms with Gasteiger partial charge in [0, 0.05) is 23.6 Å². The van der Waals surface area contributed by atoms with Gasteiger partial charge in [0.15, 0.2) is 0 Å². The highest BCUT2D eigenvalue weighted by Gasteiger charge is 2.30. The number of benzene rings is 1. The highest BCUT2D eigenvalue weighted by molar-refractivity contribution is 9.10. The SMILES string of the molecule is CNC(CCN(CCO)CC(F)(F)F)c1ccc(Br)cc1. The summed E-state index contributed by atoms with van der Waals surface area (Å²) < 4.78 is 38.3. The number of nitrogens with one attached hydrogen (secondary N) is 1. The van der Waals surface area contributed by atoms with Crippen molar-refractivity contribution in [2.45, 2.75) is 18.6 Å². The van der Waals surface area contributed by atoms with Crippen molar-refractivity contribution in [2.75, 3.05) is 33.3 Å². The van der Waals surface area contributed by atoms with E-state index in [1.165, 1.54) is 4.90 Å². The molecule has 1 aromatic carbocycles. The first-order valence-corrected chi connectivity index (χ1v) is 7.47. The molecule has 0 radical (unpaired) electrons. The summed E-state index contributed by atoms with van der Waals surface area (Å²) in [6.07, 6.45) is -3.71. The number of nitrogens with zero attached hydrogens (tertiary/aromatic N) is 1. The second kappa shape index (κ2) is 8.73. The van der Waals surface area contributed by atoms with Crippen LogP contribution in [-0.4, -0.2) is 49.5 Å². The molecule has 0 aliphatic carbocycles. The van der Waals surface area contributed by atoms with E-state index in [-0.39, 0.29) is 25.7 Å². The van der Waals surface area contributed by atoms with E-state index in [0.717, 1.165) is 10.0 Å². The van der Waals surface area contributed by atoms with Gasteiger partial charge in [-0.15, -0.1) is 0 Å². The maximum absolute atomic E-state index is 12.5. The first-order valence-electron chi connectivity index (χ1n) is 6.68. The number of halogens is 4. The molecule has 21 heavy (non-hydrogen) atoms. The third-order valence-corrected chi connectivity index (χ3v) is 3.70. The van der Waals surface area contributed by atoms with Crippen LogP contribution in [0.4, 0.5) is 13.2 Å². The lowest BCUT2D eigenvalue weighted by molar-refractivity contribution is -0.147. The summed E-state index contributed by atoms with van der Waals surface area (Å²) in [6, 6.07) is 7.66. The minimum absolute atomic E-state index is 0.0208. The number of alkyl halides is 3. The number of aliphatic hydroxyl groups excluding tert-OH is 1. The fraction of sp³-hybridized carbons (Fsp3) is 0.571. The molecule has 3 nitrogen and oxygen atoms in total. The molecule has 120 valence electrons. The summed E-state index contributed by atoms with van der Waals surface area (Å²) in [5.41, 5.74) is 1.02. The van der Waals surface area contributed by atoms with Gasteiger partial charge < -0.3 is 10.4 Å². The molecule has 0 saturated heterocycles. The Hall–Kier alpha value is -0.630. The Morgan fingerprint density at radius 3 is 2.33 bits per heavy atom. The minimum atomic E-state index is -4.25. The van der Waals surface area contributed by atoms with Crippen LogP contribution in [0.15, 0.2) is 28.7 Å². The molecule has 1 aromatic rings. The summed E-state index contributed by atoms with van der Waals surface area (Å²) in [4.78, 5) is 1.23. The maximum Gasteiger partial charge on any atom is 0.401 e. The Morgan fingerprint density at radius 1 is 1.24 bits per heavy atom. The predicted molar refractivity (Wildman–Crippen MR) is 80.1 cm³/mol. The van der Waals surface area contributed by atoms with Crippen LogP contribution >= 0.6 is 15.9 Å². The van der Waals surface area contributed by atoms with Crippen molar-refractivity contribution in [3.63, 3.8) is 0 Å². The number of hydrogen-bond donors (Lipinski definition) is 2. The molecule has 2 N–H and O–H groups in total. The largest absolute Gasteiger partial charge is 0.401 e. The first kappa shape index (κ1) is 18.4. The molecule has 0 aromatic heterocycles. The van der Waals surface area contributed by atoms with E-state index >= 15 is 0 Å². The van der Waals surface area contributed by atoms with Gasteiger partial charge in [0.05, 0.1) is 13.2 Å². The van der Waals surface area contributed by atoms with Gasteiger partial charge in [-0.05, 0) is 31.2 Å². The Kier molecular flexibility index (Phi) is 7.65. The van der Waals surface area contributed by atoms with Crippen LogP contribution in [0.1, 0.15) is 18.0 Å². The Balaban J connectivity index is 2.61. The van der Waals surface area contributed by atoms with Crippen LogP contribution in [0.3, 0.4) is 0 Å². The molecule has 0 saturated carbocycles. The predicted octanol–water partition coefficient (Wildman–Crippen LogP) is 2.96. The molecular weight excluding hydrogens is 349 g/mol. The van der Waals surface area contributed by atoms with E-state index in [4.69, 9.17) is 5.11 Å². The smallest absolute Gasteiger partial charge is 0.395 e. The van der Waals surface area contributed by atoms with Crippen LogP contribution < -0.4 is 5.32 Å². The van der Waals surface area contributed by atoms with Gasteiger partial charge in [-0.3, -0.25) is 4.90 Å². The van der Waals surface area contributed by atoms with Crippen LogP contribution in [0, 0.1) is 0 Å². The lowest BCUT2D eigenvalue weighted by Crippen LogP contribution is -2.38. The highest BCUT2D eigenvalue weighted by atomic mass is 79.9. The molecule has 1 unspecified atom stereocenters. The molecule has 0 aliphatic rings. The zero-order valence-corrected chi connectivity index (χ0v) is 13.4. The van der Waals surface area contributed by atoms with Gasteiger partial charge in [0.1, 0.15) is 0 Å². The average molecular weight is 369 g/mol. The molecule has 0 heterocycles.